The zero-order valence-electron chi connectivity index (χ0n) is 9.73. The summed E-state index contributed by atoms with van der Waals surface area (Å²) in [5.74, 6) is 0. The summed E-state index contributed by atoms with van der Waals surface area (Å²) in [5.41, 5.74) is 0.613. The number of carbonyl (C=O) groups excluding carboxylic acids is 1. The Labute approximate surface area is 126 Å². The number of amides is 2. The number of fused-ring (bicyclic) bond motifs is 2. The normalized spacial score (nSPS) is 26.5. The largest absolute Gasteiger partial charge is 1.00 e. The monoisotopic (exact) mass is 281 g/mol. The van der Waals surface area contributed by atoms with Crippen molar-refractivity contribution in [2.75, 3.05) is 6.54 Å². The van der Waals surface area contributed by atoms with Crippen molar-refractivity contribution in [1.82, 2.24) is 9.96 Å². The molecule has 18 heavy (non-hydrogen) atoms. The molecule has 2 heterocycles. The molecule has 0 unspecified atom stereocenters. The molecule has 2 atom stereocenters. The van der Waals surface area contributed by atoms with Crippen LogP contribution < -0.4 is 29.6 Å². The molecule has 8 nitrogen and oxygen atoms in total. The molecule has 0 saturated carbocycles. The molecule has 1 fully saturated rings. The molecular weight excluding hydrogens is 273 g/mol. The van der Waals surface area contributed by atoms with Crippen LogP contribution in [0.5, 0.6) is 0 Å². The molecule has 0 aromatic carbocycles. The van der Waals surface area contributed by atoms with Crippen LogP contribution in [0.1, 0.15) is 6.92 Å². The summed E-state index contributed by atoms with van der Waals surface area (Å²) in [4.78, 5) is 12.9. The predicted molar refractivity (Wildman–Crippen MR) is 51.7 cm³/mol. The van der Waals surface area contributed by atoms with Gasteiger partial charge in [0.05, 0.1) is 12.6 Å². The predicted octanol–water partition coefficient (Wildman–Crippen LogP) is -3.66. The van der Waals surface area contributed by atoms with E-state index in [1.807, 2.05) is 6.07 Å². The van der Waals surface area contributed by atoms with Gasteiger partial charge in [-0.1, -0.05) is 0 Å². The molecule has 0 N–H and O–H groups in total. The molecule has 0 spiro atoms. The van der Waals surface area contributed by atoms with E-state index in [1.54, 1.807) is 6.92 Å². The molecule has 2 bridgehead atoms. The van der Waals surface area contributed by atoms with Crippen LogP contribution in [0.15, 0.2) is 11.6 Å². The number of nitriles is 1. The number of carbonyl (C=O) groups is 1. The molecule has 10 heteroatoms. The van der Waals surface area contributed by atoms with Gasteiger partial charge >= 0.3 is 35.6 Å². The van der Waals surface area contributed by atoms with Crippen molar-refractivity contribution in [2.45, 2.75) is 19.0 Å². The molecule has 2 aliphatic heterocycles. The molecule has 0 aromatic rings. The second-order valence-electron chi connectivity index (χ2n) is 3.74. The van der Waals surface area contributed by atoms with Crippen LogP contribution in [-0.4, -0.2) is 47.6 Å². The quantitative estimate of drug-likeness (QED) is 0.223. The van der Waals surface area contributed by atoms with Gasteiger partial charge in [0.1, 0.15) is 12.1 Å². The Morgan fingerprint density at radius 3 is 2.72 bits per heavy atom. The molecule has 2 aliphatic rings. The van der Waals surface area contributed by atoms with Crippen LogP contribution in [-0.2, 0) is 14.7 Å². The van der Waals surface area contributed by atoms with E-state index < -0.39 is 28.5 Å². The van der Waals surface area contributed by atoms with Crippen LogP contribution in [0.4, 0.5) is 4.79 Å². The minimum Gasteiger partial charge on any atom is -0.724 e. The first kappa shape index (κ1) is 15.4. The number of urea groups is 1. The van der Waals surface area contributed by atoms with Gasteiger partial charge in [0.25, 0.3) is 0 Å². The van der Waals surface area contributed by atoms with Gasteiger partial charge in [-0.25, -0.2) is 13.2 Å². The van der Waals surface area contributed by atoms with E-state index in [0.717, 1.165) is 4.90 Å². The summed E-state index contributed by atoms with van der Waals surface area (Å²) in [5, 5.41) is 9.34. The second kappa shape index (κ2) is 5.16. The average molecular weight is 281 g/mol. The summed E-state index contributed by atoms with van der Waals surface area (Å²) < 4.78 is 35.6. The van der Waals surface area contributed by atoms with Crippen LogP contribution >= 0.6 is 0 Å². The van der Waals surface area contributed by atoms with Crippen molar-refractivity contribution < 1.29 is 51.6 Å². The van der Waals surface area contributed by atoms with Crippen LogP contribution in [0, 0.1) is 11.3 Å². The van der Waals surface area contributed by atoms with Gasteiger partial charge in [-0.05, 0) is 18.6 Å². The summed E-state index contributed by atoms with van der Waals surface area (Å²) in [6.07, 6.45) is 1.53. The van der Waals surface area contributed by atoms with Crippen molar-refractivity contribution in [1.29, 1.82) is 5.26 Å². The Balaban J connectivity index is 0.00000162. The van der Waals surface area contributed by atoms with E-state index in [2.05, 4.69) is 4.28 Å². The SMILES string of the molecule is CC1=C[C@@H](C#N)N2C[C@H]1N(OS(=O)(=O)[O-])C2=O.[Na+]. The number of hydroxylamine groups is 2. The molecule has 92 valence electrons. The Morgan fingerprint density at radius 1 is 1.61 bits per heavy atom. The van der Waals surface area contributed by atoms with E-state index >= 15 is 0 Å². The van der Waals surface area contributed by atoms with E-state index in [0.29, 0.717) is 10.6 Å². The molecule has 2 rings (SSSR count). The maximum absolute atomic E-state index is 11.7. The fourth-order valence-electron chi connectivity index (χ4n) is 1.90. The van der Waals surface area contributed by atoms with Crippen molar-refractivity contribution in [2.24, 2.45) is 0 Å². The fourth-order valence-corrected chi connectivity index (χ4v) is 2.26. The van der Waals surface area contributed by atoms with Crippen LogP contribution in [0.25, 0.3) is 0 Å². The van der Waals surface area contributed by atoms with Gasteiger partial charge in [0.2, 0.25) is 10.4 Å². The van der Waals surface area contributed by atoms with Gasteiger partial charge < -0.3 is 9.45 Å². The Kier molecular flexibility index (Phi) is 4.42. The van der Waals surface area contributed by atoms with Gasteiger partial charge in [0, 0.05) is 0 Å². The van der Waals surface area contributed by atoms with Crippen molar-refractivity contribution >= 4 is 16.4 Å². The third-order valence-electron chi connectivity index (χ3n) is 2.67. The Hall–Kier alpha value is -0.630. The zero-order valence-corrected chi connectivity index (χ0v) is 12.5. The summed E-state index contributed by atoms with van der Waals surface area (Å²) in [6, 6.07) is -0.308. The number of nitrogens with zero attached hydrogens (tertiary/aromatic N) is 3. The average Bonchev–Trinajstić information content (AvgIpc) is 2.48. The van der Waals surface area contributed by atoms with Gasteiger partial charge in [0.15, 0.2) is 0 Å². The first-order chi connectivity index (χ1) is 7.83. The van der Waals surface area contributed by atoms with E-state index in [1.165, 1.54) is 6.08 Å². The summed E-state index contributed by atoms with van der Waals surface area (Å²) in [6.45, 7) is 1.77. The minimum atomic E-state index is -5.01. The van der Waals surface area contributed by atoms with Gasteiger partial charge in [-0.2, -0.15) is 14.6 Å². The fraction of sp³-hybridized carbons (Fsp3) is 0.500. The maximum Gasteiger partial charge on any atom is 1.00 e. The van der Waals surface area contributed by atoms with Crippen molar-refractivity contribution in [3.63, 3.8) is 0 Å². The smallest absolute Gasteiger partial charge is 0.724 e. The number of hydrogen-bond acceptors (Lipinski definition) is 6. The zero-order chi connectivity index (χ0) is 12.8. The molecule has 2 amide bonds. The van der Waals surface area contributed by atoms with Gasteiger partial charge in [-0.3, -0.25) is 0 Å². The topological polar surface area (TPSA) is 114 Å². The van der Waals surface area contributed by atoms with E-state index in [9.17, 15) is 17.8 Å². The number of rotatable bonds is 2. The van der Waals surface area contributed by atoms with Crippen LogP contribution in [0.2, 0.25) is 0 Å². The van der Waals surface area contributed by atoms with Crippen LogP contribution in [0.3, 0.4) is 0 Å². The molecule has 1 saturated heterocycles. The maximum atomic E-state index is 11.7. The van der Waals surface area contributed by atoms with Crippen molar-refractivity contribution in [3.05, 3.63) is 11.6 Å². The Morgan fingerprint density at radius 2 is 2.22 bits per heavy atom. The number of hydrogen-bond donors (Lipinski definition) is 0. The standard InChI is InChI=1S/C8H9N3O5S.Na/c1-5-2-6(3-9)10-4-7(5)11(8(10)12)16-17(13,14)15;/h2,6-7H,4H2,1H3,(H,13,14,15);/q;+1/p-1/t6-,7+;/m0./s1. The molecule has 0 radical (unpaired) electrons. The van der Waals surface area contributed by atoms with Crippen molar-refractivity contribution in [3.8, 4) is 6.07 Å². The molecule has 0 aliphatic carbocycles. The Bertz CT molecular complexity index is 539. The first-order valence-electron chi connectivity index (χ1n) is 4.66. The first-order valence-corrected chi connectivity index (χ1v) is 6.00. The molecular formula is C8H8N3NaO5S. The third-order valence-corrected chi connectivity index (χ3v) is 3.02. The third kappa shape index (κ3) is 2.69. The molecule has 0 aromatic heterocycles. The minimum absolute atomic E-state index is 0. The second-order valence-corrected chi connectivity index (χ2v) is 4.71. The van der Waals surface area contributed by atoms with E-state index in [-0.39, 0.29) is 36.1 Å². The van der Waals surface area contributed by atoms with E-state index in [4.69, 9.17) is 5.26 Å². The summed E-state index contributed by atoms with van der Waals surface area (Å²) >= 11 is 0. The summed E-state index contributed by atoms with van der Waals surface area (Å²) in [7, 11) is -5.01. The van der Waals surface area contributed by atoms with Gasteiger partial charge in [-0.15, -0.1) is 0 Å².